The van der Waals surface area contributed by atoms with Crippen molar-refractivity contribution in [1.29, 1.82) is 0 Å². The van der Waals surface area contributed by atoms with Crippen LogP contribution in [0.2, 0.25) is 0 Å². The fourth-order valence-corrected chi connectivity index (χ4v) is 2.81. The molecule has 4 heteroatoms. The molecule has 3 N–H and O–H groups in total. The van der Waals surface area contributed by atoms with Crippen LogP contribution in [0.5, 0.6) is 5.75 Å². The van der Waals surface area contributed by atoms with Gasteiger partial charge in [0.05, 0.1) is 12.0 Å². The number of phenols is 1. The lowest BCUT2D eigenvalue weighted by Gasteiger charge is -2.09. The third-order valence-corrected chi connectivity index (χ3v) is 3.90. The van der Waals surface area contributed by atoms with Crippen LogP contribution in [0.15, 0.2) is 51.2 Å². The molecule has 0 aliphatic carbocycles. The Labute approximate surface area is 117 Å². The van der Waals surface area contributed by atoms with Crippen LogP contribution < -0.4 is 5.73 Å². The molecule has 0 radical (unpaired) electrons. The highest BCUT2D eigenvalue weighted by molar-refractivity contribution is 7.99. The molecule has 0 heterocycles. The Balaban J connectivity index is 2.33. The fraction of sp³-hybridized carbons (Fsp3) is 0.133. The molecule has 98 valence electrons. The number of aliphatic imine (C=N–C) groups is 1. The summed E-state index contributed by atoms with van der Waals surface area (Å²) in [6, 6.07) is 11.3. The lowest BCUT2D eigenvalue weighted by Crippen LogP contribution is -1.89. The molecule has 3 nitrogen and oxygen atoms in total. The van der Waals surface area contributed by atoms with Gasteiger partial charge in [-0.3, -0.25) is 0 Å². The van der Waals surface area contributed by atoms with Crippen molar-refractivity contribution in [3.63, 3.8) is 0 Å². The largest absolute Gasteiger partial charge is 0.508 e. The van der Waals surface area contributed by atoms with Gasteiger partial charge in [-0.1, -0.05) is 17.8 Å². The lowest BCUT2D eigenvalue weighted by atomic mass is 10.1. The van der Waals surface area contributed by atoms with Crippen molar-refractivity contribution >= 4 is 23.8 Å². The van der Waals surface area contributed by atoms with Crippen LogP contribution in [-0.4, -0.2) is 11.4 Å². The van der Waals surface area contributed by atoms with Crippen molar-refractivity contribution in [2.24, 2.45) is 10.7 Å². The Morgan fingerprint density at radius 1 is 1.16 bits per heavy atom. The highest BCUT2D eigenvalue weighted by Gasteiger charge is 2.06. The van der Waals surface area contributed by atoms with Crippen LogP contribution in [0, 0.1) is 13.8 Å². The van der Waals surface area contributed by atoms with Crippen molar-refractivity contribution in [2.75, 3.05) is 0 Å². The second-order valence-electron chi connectivity index (χ2n) is 4.28. The highest BCUT2D eigenvalue weighted by atomic mass is 32.2. The third-order valence-electron chi connectivity index (χ3n) is 2.75. The molecule has 0 aromatic heterocycles. The van der Waals surface area contributed by atoms with Crippen LogP contribution in [0.1, 0.15) is 11.1 Å². The highest BCUT2D eigenvalue weighted by Crippen LogP contribution is 2.35. The van der Waals surface area contributed by atoms with Crippen molar-refractivity contribution in [3.8, 4) is 5.75 Å². The SMILES string of the molecule is Cc1cc(Sc2cccc(O)c2)c(C)cc1N=CN. The first-order chi connectivity index (χ1) is 9.10. The molecule has 0 bridgehead atoms. The maximum absolute atomic E-state index is 9.48. The molecular weight excluding hydrogens is 256 g/mol. The molecule has 19 heavy (non-hydrogen) atoms. The maximum Gasteiger partial charge on any atom is 0.116 e. The Kier molecular flexibility index (Phi) is 4.12. The van der Waals surface area contributed by atoms with Crippen LogP contribution in [0.4, 0.5) is 5.69 Å². The third kappa shape index (κ3) is 3.29. The fourth-order valence-electron chi connectivity index (χ4n) is 1.78. The quantitative estimate of drug-likeness (QED) is 0.660. The summed E-state index contributed by atoms with van der Waals surface area (Å²) in [5.41, 5.74) is 8.44. The minimum absolute atomic E-state index is 0.281. The first kappa shape index (κ1) is 13.5. The number of aromatic hydroxyl groups is 1. The Morgan fingerprint density at radius 3 is 2.63 bits per heavy atom. The molecule has 2 aromatic rings. The summed E-state index contributed by atoms with van der Waals surface area (Å²) >= 11 is 1.63. The molecule has 0 aliphatic heterocycles. The average molecular weight is 272 g/mol. The minimum Gasteiger partial charge on any atom is -0.508 e. The van der Waals surface area contributed by atoms with Gasteiger partial charge in [0.25, 0.3) is 0 Å². The monoisotopic (exact) mass is 272 g/mol. The van der Waals surface area contributed by atoms with Crippen molar-refractivity contribution in [1.82, 2.24) is 0 Å². The van der Waals surface area contributed by atoms with E-state index in [0.29, 0.717) is 0 Å². The summed E-state index contributed by atoms with van der Waals surface area (Å²) in [6.07, 6.45) is 1.31. The molecule has 2 aromatic carbocycles. The number of rotatable bonds is 3. The van der Waals surface area contributed by atoms with E-state index >= 15 is 0 Å². The number of benzene rings is 2. The second-order valence-corrected chi connectivity index (χ2v) is 5.40. The van der Waals surface area contributed by atoms with Gasteiger partial charge in [-0.15, -0.1) is 0 Å². The summed E-state index contributed by atoms with van der Waals surface area (Å²) in [7, 11) is 0. The summed E-state index contributed by atoms with van der Waals surface area (Å²) < 4.78 is 0. The molecule has 0 aliphatic rings. The predicted octanol–water partition coefficient (Wildman–Crippen LogP) is 3.78. The van der Waals surface area contributed by atoms with Gasteiger partial charge in [0.15, 0.2) is 0 Å². The van der Waals surface area contributed by atoms with Gasteiger partial charge < -0.3 is 10.8 Å². The first-order valence-corrected chi connectivity index (χ1v) is 6.74. The van der Waals surface area contributed by atoms with E-state index in [1.54, 1.807) is 23.9 Å². The van der Waals surface area contributed by atoms with Crippen LogP contribution in [-0.2, 0) is 0 Å². The van der Waals surface area contributed by atoms with E-state index in [-0.39, 0.29) is 5.75 Å². The zero-order valence-corrected chi connectivity index (χ0v) is 11.7. The van der Waals surface area contributed by atoms with E-state index in [2.05, 4.69) is 11.1 Å². The van der Waals surface area contributed by atoms with Crippen molar-refractivity contribution in [3.05, 3.63) is 47.5 Å². The molecule has 0 unspecified atom stereocenters. The number of nitrogens with two attached hydrogens (primary N) is 1. The Hall–Kier alpha value is -1.94. The van der Waals surface area contributed by atoms with Gasteiger partial charge in [-0.25, -0.2) is 4.99 Å². The molecule has 0 saturated heterocycles. The standard InChI is InChI=1S/C15H16N2OS/c1-10-7-15(11(2)6-14(10)17-9-16)19-13-5-3-4-12(18)8-13/h3-9,18H,1-2H3,(H2,16,17). The van der Waals surface area contributed by atoms with Gasteiger partial charge in [-0.2, -0.15) is 0 Å². The summed E-state index contributed by atoms with van der Waals surface area (Å²) in [6.45, 7) is 4.05. The number of nitrogens with zero attached hydrogens (tertiary/aromatic N) is 1. The van der Waals surface area contributed by atoms with E-state index in [4.69, 9.17) is 5.73 Å². The molecule has 0 amide bonds. The van der Waals surface area contributed by atoms with Gasteiger partial charge in [0, 0.05) is 9.79 Å². The summed E-state index contributed by atoms with van der Waals surface area (Å²) in [5, 5.41) is 9.48. The zero-order chi connectivity index (χ0) is 13.8. The Bertz CT molecular complexity index is 624. The zero-order valence-electron chi connectivity index (χ0n) is 10.9. The first-order valence-electron chi connectivity index (χ1n) is 5.92. The minimum atomic E-state index is 0.281. The number of phenolic OH excluding ortho intramolecular Hbond substituents is 1. The summed E-state index contributed by atoms with van der Waals surface area (Å²) in [5.74, 6) is 0.281. The topological polar surface area (TPSA) is 58.6 Å². The summed E-state index contributed by atoms with van der Waals surface area (Å²) in [4.78, 5) is 6.30. The number of hydrogen-bond donors (Lipinski definition) is 2. The van der Waals surface area contributed by atoms with Gasteiger partial charge in [0.2, 0.25) is 0 Å². The van der Waals surface area contributed by atoms with Gasteiger partial charge >= 0.3 is 0 Å². The molecule has 2 rings (SSSR count). The van der Waals surface area contributed by atoms with E-state index in [9.17, 15) is 5.11 Å². The van der Waals surface area contributed by atoms with E-state index < -0.39 is 0 Å². The molecule has 0 atom stereocenters. The predicted molar refractivity (Wildman–Crippen MR) is 80.5 cm³/mol. The lowest BCUT2D eigenvalue weighted by molar-refractivity contribution is 0.474. The van der Waals surface area contributed by atoms with Crippen LogP contribution >= 0.6 is 11.8 Å². The Morgan fingerprint density at radius 2 is 1.95 bits per heavy atom. The van der Waals surface area contributed by atoms with Crippen LogP contribution in [0.25, 0.3) is 0 Å². The number of hydrogen-bond acceptors (Lipinski definition) is 3. The smallest absolute Gasteiger partial charge is 0.116 e. The normalized spacial score (nSPS) is 11.1. The number of aryl methyl sites for hydroxylation is 2. The molecule has 0 saturated carbocycles. The second kappa shape index (κ2) is 5.80. The van der Waals surface area contributed by atoms with Crippen molar-refractivity contribution < 1.29 is 5.11 Å². The average Bonchev–Trinajstić information content (AvgIpc) is 2.36. The van der Waals surface area contributed by atoms with Crippen molar-refractivity contribution in [2.45, 2.75) is 23.6 Å². The molecule has 0 fully saturated rings. The molecule has 0 spiro atoms. The maximum atomic E-state index is 9.48. The van der Waals surface area contributed by atoms with Gasteiger partial charge in [-0.05, 0) is 55.3 Å². The van der Waals surface area contributed by atoms with Crippen LogP contribution in [0.3, 0.4) is 0 Å². The van der Waals surface area contributed by atoms with E-state index in [1.807, 2.05) is 32.0 Å². The van der Waals surface area contributed by atoms with Gasteiger partial charge in [0.1, 0.15) is 5.75 Å². The van der Waals surface area contributed by atoms with E-state index in [0.717, 1.165) is 26.6 Å². The molecular formula is C15H16N2OS. The van der Waals surface area contributed by atoms with E-state index in [1.165, 1.54) is 6.34 Å².